The first-order valence-electron chi connectivity index (χ1n) is 7.40. The number of carboxylic acid groups (broad SMARTS) is 1. The second-order valence-corrected chi connectivity index (χ2v) is 6.29. The van der Waals surface area contributed by atoms with Crippen LogP contribution in [0.5, 0.6) is 0 Å². The third-order valence-corrected chi connectivity index (χ3v) is 4.44. The lowest BCUT2D eigenvalue weighted by molar-refractivity contribution is 0.0689. The molecule has 0 radical (unpaired) electrons. The monoisotopic (exact) mass is 365 g/mol. The Hall–Kier alpha value is -2.74. The van der Waals surface area contributed by atoms with Crippen LogP contribution < -0.4 is 5.56 Å². The van der Waals surface area contributed by atoms with Crippen LogP contribution in [0, 0.1) is 11.6 Å². The largest absolute Gasteiger partial charge is 0.476 e. The average molecular weight is 366 g/mol. The SMILES string of the molecule is O=C(O)c1nn2cc(-c3cc(F)c(Cl)cc3F)[nH]c(=O)c2c1C1CC1. The van der Waals surface area contributed by atoms with Crippen LogP contribution in [0.4, 0.5) is 8.78 Å². The van der Waals surface area contributed by atoms with Crippen LogP contribution >= 0.6 is 11.6 Å². The van der Waals surface area contributed by atoms with Gasteiger partial charge < -0.3 is 10.1 Å². The summed E-state index contributed by atoms with van der Waals surface area (Å²) < 4.78 is 28.9. The van der Waals surface area contributed by atoms with Gasteiger partial charge in [0, 0.05) is 11.1 Å². The number of halogens is 3. The van der Waals surface area contributed by atoms with Gasteiger partial charge in [0.1, 0.15) is 17.2 Å². The van der Waals surface area contributed by atoms with Crippen LogP contribution in [0.3, 0.4) is 0 Å². The molecular formula is C16H10ClF2N3O3. The summed E-state index contributed by atoms with van der Waals surface area (Å²) in [5.74, 6) is -2.94. The zero-order valence-electron chi connectivity index (χ0n) is 12.5. The van der Waals surface area contributed by atoms with E-state index in [0.717, 1.165) is 29.5 Å². The molecule has 9 heteroatoms. The number of aromatic amines is 1. The van der Waals surface area contributed by atoms with E-state index in [1.165, 1.54) is 6.20 Å². The van der Waals surface area contributed by atoms with Crippen LogP contribution in [-0.2, 0) is 0 Å². The van der Waals surface area contributed by atoms with Crippen molar-refractivity contribution in [3.63, 3.8) is 0 Å². The molecule has 3 aromatic rings. The van der Waals surface area contributed by atoms with Gasteiger partial charge in [0.25, 0.3) is 5.56 Å². The highest BCUT2D eigenvalue weighted by Gasteiger charge is 2.34. The fraction of sp³-hybridized carbons (Fsp3) is 0.188. The summed E-state index contributed by atoms with van der Waals surface area (Å²) in [5, 5.41) is 12.9. The molecule has 1 aliphatic carbocycles. The number of aromatic nitrogens is 3. The maximum Gasteiger partial charge on any atom is 0.356 e. The summed E-state index contributed by atoms with van der Waals surface area (Å²) in [5.41, 5.74) is -0.572. The molecule has 25 heavy (non-hydrogen) atoms. The normalized spacial score (nSPS) is 14.2. The molecule has 0 saturated heterocycles. The molecule has 128 valence electrons. The number of carboxylic acids is 1. The standard InChI is InChI=1S/C16H10ClF2N3O3/c17-8-4-9(18)7(3-10(8)19)11-5-22-14(15(23)20-11)12(6-1-2-6)13(21-22)16(24)25/h3-6H,1-2H2,(H,20,23)(H,24,25). The molecule has 2 heterocycles. The van der Waals surface area contributed by atoms with Crippen molar-refractivity contribution in [1.82, 2.24) is 14.6 Å². The summed E-state index contributed by atoms with van der Waals surface area (Å²) in [6.07, 6.45) is 2.82. The molecule has 1 aliphatic rings. The summed E-state index contributed by atoms with van der Waals surface area (Å²) in [6.45, 7) is 0. The smallest absolute Gasteiger partial charge is 0.356 e. The van der Waals surface area contributed by atoms with Crippen LogP contribution in [-0.4, -0.2) is 25.7 Å². The van der Waals surface area contributed by atoms with Crippen LogP contribution in [0.1, 0.15) is 34.8 Å². The number of hydrogen-bond acceptors (Lipinski definition) is 3. The van der Waals surface area contributed by atoms with E-state index in [1.54, 1.807) is 0 Å². The number of nitrogens with one attached hydrogen (secondary N) is 1. The summed E-state index contributed by atoms with van der Waals surface area (Å²) in [4.78, 5) is 26.4. The molecule has 0 aliphatic heterocycles. The number of hydrogen-bond donors (Lipinski definition) is 2. The number of fused-ring (bicyclic) bond motifs is 1. The van der Waals surface area contributed by atoms with E-state index in [9.17, 15) is 23.5 Å². The fourth-order valence-corrected chi connectivity index (χ4v) is 3.04. The number of aromatic carboxylic acids is 1. The van der Waals surface area contributed by atoms with Crippen molar-refractivity contribution in [3.8, 4) is 11.3 Å². The van der Waals surface area contributed by atoms with Crippen molar-refractivity contribution >= 4 is 23.1 Å². The molecule has 1 fully saturated rings. The Morgan fingerprint density at radius 2 is 2.04 bits per heavy atom. The number of carbonyl (C=O) groups is 1. The number of nitrogens with zero attached hydrogens (tertiary/aromatic N) is 2. The average Bonchev–Trinajstić information content (AvgIpc) is 3.30. The second-order valence-electron chi connectivity index (χ2n) is 5.88. The topological polar surface area (TPSA) is 87.5 Å². The van der Waals surface area contributed by atoms with Crippen molar-refractivity contribution in [1.29, 1.82) is 0 Å². The highest BCUT2D eigenvalue weighted by atomic mass is 35.5. The Kier molecular flexibility index (Phi) is 3.40. The van der Waals surface area contributed by atoms with Gasteiger partial charge in [-0.1, -0.05) is 11.6 Å². The maximum absolute atomic E-state index is 14.1. The second kappa shape index (κ2) is 5.38. The number of rotatable bonds is 3. The Morgan fingerprint density at radius 1 is 1.32 bits per heavy atom. The van der Waals surface area contributed by atoms with Crippen LogP contribution in [0.25, 0.3) is 16.8 Å². The fourth-order valence-electron chi connectivity index (χ4n) is 2.89. The summed E-state index contributed by atoms with van der Waals surface area (Å²) >= 11 is 5.53. The molecule has 1 saturated carbocycles. The molecule has 1 aromatic carbocycles. The predicted octanol–water partition coefficient (Wildman–Crippen LogP) is 3.20. The van der Waals surface area contributed by atoms with Gasteiger partial charge in [-0.3, -0.25) is 4.79 Å². The van der Waals surface area contributed by atoms with Gasteiger partial charge in [-0.25, -0.2) is 18.1 Å². The molecule has 6 nitrogen and oxygen atoms in total. The van der Waals surface area contributed by atoms with E-state index in [-0.39, 0.29) is 33.4 Å². The van der Waals surface area contributed by atoms with E-state index in [4.69, 9.17) is 11.6 Å². The zero-order valence-corrected chi connectivity index (χ0v) is 13.3. The number of benzene rings is 1. The van der Waals surface area contributed by atoms with Gasteiger partial charge in [0.2, 0.25) is 0 Å². The highest BCUT2D eigenvalue weighted by Crippen LogP contribution is 2.43. The zero-order chi connectivity index (χ0) is 17.9. The lowest BCUT2D eigenvalue weighted by Gasteiger charge is -2.06. The Bertz CT molecular complexity index is 1100. The molecule has 0 atom stereocenters. The molecule has 0 spiro atoms. The Labute approximate surface area is 143 Å². The minimum atomic E-state index is -1.24. The van der Waals surface area contributed by atoms with E-state index in [2.05, 4.69) is 10.1 Å². The maximum atomic E-state index is 14.1. The third-order valence-electron chi connectivity index (χ3n) is 4.15. The van der Waals surface area contributed by atoms with E-state index in [0.29, 0.717) is 5.56 Å². The first-order valence-corrected chi connectivity index (χ1v) is 7.78. The van der Waals surface area contributed by atoms with Gasteiger partial charge in [-0.15, -0.1) is 0 Å². The van der Waals surface area contributed by atoms with Crippen LogP contribution in [0.15, 0.2) is 23.1 Å². The van der Waals surface area contributed by atoms with Crippen LogP contribution in [0.2, 0.25) is 5.02 Å². The molecule has 0 amide bonds. The predicted molar refractivity (Wildman–Crippen MR) is 85.1 cm³/mol. The Balaban J connectivity index is 1.99. The van der Waals surface area contributed by atoms with Crippen molar-refractivity contribution in [2.75, 3.05) is 0 Å². The van der Waals surface area contributed by atoms with Gasteiger partial charge in [0.05, 0.1) is 16.9 Å². The molecule has 0 unspecified atom stereocenters. The molecule has 0 bridgehead atoms. The van der Waals surface area contributed by atoms with Gasteiger partial charge in [0.15, 0.2) is 5.69 Å². The number of H-pyrrole nitrogens is 1. The minimum absolute atomic E-state index is 0.0275. The highest BCUT2D eigenvalue weighted by molar-refractivity contribution is 6.30. The lowest BCUT2D eigenvalue weighted by Crippen LogP contribution is -2.12. The quantitative estimate of drug-likeness (QED) is 0.698. The van der Waals surface area contributed by atoms with E-state index < -0.39 is 23.2 Å². The van der Waals surface area contributed by atoms with Crippen molar-refractivity contribution in [3.05, 3.63) is 56.6 Å². The van der Waals surface area contributed by atoms with Crippen molar-refractivity contribution in [2.45, 2.75) is 18.8 Å². The molecular weight excluding hydrogens is 356 g/mol. The summed E-state index contributed by atoms with van der Waals surface area (Å²) in [7, 11) is 0. The van der Waals surface area contributed by atoms with Crippen molar-refractivity contribution < 1.29 is 18.7 Å². The first-order chi connectivity index (χ1) is 11.9. The summed E-state index contributed by atoms with van der Waals surface area (Å²) in [6, 6.07) is 1.66. The van der Waals surface area contributed by atoms with E-state index in [1.807, 2.05) is 0 Å². The van der Waals surface area contributed by atoms with Gasteiger partial charge >= 0.3 is 5.97 Å². The van der Waals surface area contributed by atoms with Crippen molar-refractivity contribution in [2.24, 2.45) is 0 Å². The first kappa shape index (κ1) is 15.8. The lowest BCUT2D eigenvalue weighted by atomic mass is 10.1. The minimum Gasteiger partial charge on any atom is -0.476 e. The molecule has 4 rings (SSSR count). The molecule has 2 N–H and O–H groups in total. The molecule has 2 aromatic heterocycles. The Morgan fingerprint density at radius 3 is 2.68 bits per heavy atom. The van der Waals surface area contributed by atoms with E-state index >= 15 is 0 Å². The van der Waals surface area contributed by atoms with Gasteiger partial charge in [-0.05, 0) is 30.9 Å². The van der Waals surface area contributed by atoms with Gasteiger partial charge in [-0.2, -0.15) is 5.10 Å². The third kappa shape index (κ3) is 2.49.